The molecule has 0 N–H and O–H groups in total. The number of fused-ring (bicyclic) bond motifs is 3. The first kappa shape index (κ1) is 24.2. The van der Waals surface area contributed by atoms with Crippen molar-refractivity contribution < 1.29 is 28.5 Å². The van der Waals surface area contributed by atoms with Crippen LogP contribution in [0.15, 0.2) is 36.0 Å². The molecule has 4 rings (SSSR count). The van der Waals surface area contributed by atoms with Crippen LogP contribution in [0.4, 0.5) is 0 Å². The van der Waals surface area contributed by atoms with Crippen molar-refractivity contribution in [2.75, 3.05) is 13.2 Å². The van der Waals surface area contributed by atoms with Crippen molar-refractivity contribution in [1.82, 2.24) is 0 Å². The number of allylic oxidation sites excluding steroid dienone is 3. The maximum absolute atomic E-state index is 12.4. The Morgan fingerprint density at radius 2 is 1.97 bits per heavy atom. The topological polar surface area (TPSA) is 71.1 Å². The lowest BCUT2D eigenvalue weighted by atomic mass is 9.46. The normalized spacial score (nSPS) is 41.5. The van der Waals surface area contributed by atoms with Crippen LogP contribution in [0, 0.1) is 22.7 Å². The van der Waals surface area contributed by atoms with Gasteiger partial charge in [-0.05, 0) is 70.1 Å². The molecule has 0 aromatic rings. The van der Waals surface area contributed by atoms with Crippen LogP contribution in [0.25, 0.3) is 0 Å². The first-order valence-corrected chi connectivity index (χ1v) is 12.2. The lowest BCUT2D eigenvalue weighted by Crippen LogP contribution is -2.62. The van der Waals surface area contributed by atoms with E-state index < -0.39 is 23.8 Å². The van der Waals surface area contributed by atoms with Crippen LogP contribution in [0.2, 0.25) is 0 Å². The fourth-order valence-electron chi connectivity index (χ4n) is 6.83. The number of carbonyl (C=O) groups excluding carboxylic acids is 2. The number of ether oxygens (including phenoxy) is 4. The Balaban J connectivity index is 1.56. The number of rotatable bonds is 4. The lowest BCUT2D eigenvalue weighted by Gasteiger charge is -2.63. The molecule has 2 saturated carbocycles. The summed E-state index contributed by atoms with van der Waals surface area (Å²) in [5.74, 6) is -0.734. The Kier molecular flexibility index (Phi) is 6.38. The summed E-state index contributed by atoms with van der Waals surface area (Å²) in [7, 11) is 0. The minimum Gasteiger partial charge on any atom is -0.458 e. The molecule has 0 spiro atoms. The summed E-state index contributed by atoms with van der Waals surface area (Å²) < 4.78 is 23.2. The van der Waals surface area contributed by atoms with Gasteiger partial charge in [-0.15, -0.1) is 0 Å². The van der Waals surface area contributed by atoms with Crippen LogP contribution < -0.4 is 0 Å². The second-order valence-corrected chi connectivity index (χ2v) is 11.1. The van der Waals surface area contributed by atoms with E-state index in [1.54, 1.807) is 13.0 Å². The van der Waals surface area contributed by atoms with E-state index in [0.717, 1.165) is 25.7 Å². The predicted octanol–water partition coefficient (Wildman–Crippen LogP) is 4.89. The van der Waals surface area contributed by atoms with Gasteiger partial charge in [0.25, 0.3) is 0 Å². The molecule has 0 amide bonds. The maximum Gasteiger partial charge on any atom is 0.337 e. The van der Waals surface area contributed by atoms with Crippen LogP contribution in [0.5, 0.6) is 0 Å². The van der Waals surface area contributed by atoms with Crippen LogP contribution in [-0.4, -0.2) is 43.1 Å². The van der Waals surface area contributed by atoms with Crippen LogP contribution in [-0.2, 0) is 28.5 Å². The fourth-order valence-corrected chi connectivity index (χ4v) is 6.83. The van der Waals surface area contributed by atoms with E-state index in [0.29, 0.717) is 24.5 Å². The van der Waals surface area contributed by atoms with Crippen molar-refractivity contribution in [2.45, 2.75) is 84.7 Å². The number of hydrogen-bond acceptors (Lipinski definition) is 6. The van der Waals surface area contributed by atoms with Gasteiger partial charge in [0.15, 0.2) is 11.9 Å². The highest BCUT2D eigenvalue weighted by Crippen LogP contribution is 2.63. The van der Waals surface area contributed by atoms with Crippen molar-refractivity contribution in [3.63, 3.8) is 0 Å². The molecule has 4 aliphatic rings. The Labute approximate surface area is 197 Å². The van der Waals surface area contributed by atoms with Gasteiger partial charge in [0, 0.05) is 11.5 Å². The van der Waals surface area contributed by atoms with E-state index in [1.807, 2.05) is 19.9 Å². The van der Waals surface area contributed by atoms with E-state index in [4.69, 9.17) is 18.9 Å². The van der Waals surface area contributed by atoms with Gasteiger partial charge in [-0.1, -0.05) is 38.2 Å². The number of esters is 2. The van der Waals surface area contributed by atoms with Crippen LogP contribution in [0.3, 0.4) is 0 Å². The lowest BCUT2D eigenvalue weighted by molar-refractivity contribution is -0.344. The zero-order valence-corrected chi connectivity index (χ0v) is 20.6. The Hall–Kier alpha value is -1.92. The molecular formula is C27H38O6. The molecule has 182 valence electrons. The largest absolute Gasteiger partial charge is 0.458 e. The third kappa shape index (κ3) is 4.32. The van der Waals surface area contributed by atoms with Gasteiger partial charge in [-0.3, -0.25) is 0 Å². The fraction of sp³-hybridized carbons (Fsp3) is 0.704. The third-order valence-corrected chi connectivity index (χ3v) is 8.56. The summed E-state index contributed by atoms with van der Waals surface area (Å²) >= 11 is 0. The summed E-state index contributed by atoms with van der Waals surface area (Å²) in [4.78, 5) is 24.3. The van der Waals surface area contributed by atoms with Gasteiger partial charge in [-0.2, -0.15) is 0 Å². The van der Waals surface area contributed by atoms with Gasteiger partial charge >= 0.3 is 11.9 Å². The summed E-state index contributed by atoms with van der Waals surface area (Å²) in [5.41, 5.74) is 1.66. The molecule has 6 heteroatoms. The maximum atomic E-state index is 12.4. The molecule has 2 saturated heterocycles. The summed E-state index contributed by atoms with van der Waals surface area (Å²) in [6.45, 7) is 15.6. The average molecular weight is 459 g/mol. The van der Waals surface area contributed by atoms with Gasteiger partial charge in [0.2, 0.25) is 0 Å². The van der Waals surface area contributed by atoms with E-state index >= 15 is 0 Å². The zero-order chi connectivity index (χ0) is 24.0. The smallest absolute Gasteiger partial charge is 0.337 e. The first-order chi connectivity index (χ1) is 15.5. The molecule has 0 aromatic carbocycles. The summed E-state index contributed by atoms with van der Waals surface area (Å²) in [6.07, 6.45) is 9.18. The van der Waals surface area contributed by atoms with Crippen molar-refractivity contribution in [2.24, 2.45) is 22.7 Å². The van der Waals surface area contributed by atoms with Crippen molar-refractivity contribution in [1.29, 1.82) is 0 Å². The van der Waals surface area contributed by atoms with Crippen LogP contribution >= 0.6 is 0 Å². The monoisotopic (exact) mass is 458 g/mol. The molecule has 2 heterocycles. The summed E-state index contributed by atoms with van der Waals surface area (Å²) in [6, 6.07) is 0. The number of hydrogen-bond donors (Lipinski definition) is 0. The number of cyclic esters (lactones) is 1. The standard InChI is InChI=1S/C27H38O6/c1-7-8-23(28)32-20-15-30-24(29)18(20)10-11-19-17(2)9-12-21-26(19,5)14-13-22-27(21,6)16-31-25(3,4)33-22/h7-8,10,19-22H,2,9,11-16H2,1,3-6H3/b8-7+,18-10+/t19-,20-,21+,22-,26+,27+/m1/s1. The number of carbonyl (C=O) groups is 2. The predicted molar refractivity (Wildman–Crippen MR) is 124 cm³/mol. The van der Waals surface area contributed by atoms with Crippen molar-refractivity contribution in [3.05, 3.63) is 36.0 Å². The minimum absolute atomic E-state index is 0.0332. The second-order valence-electron chi connectivity index (χ2n) is 11.1. The molecule has 2 aliphatic carbocycles. The molecule has 0 radical (unpaired) electrons. The molecule has 0 unspecified atom stereocenters. The SMILES string of the molecule is C=C1CC[C@@H]2[C@]3(C)COC(C)(C)O[C@@H]3CC[C@@]2(C)[C@@H]1C/C=C1/C(=O)OC[C@H]1OC(=O)/C=C/C. The quantitative estimate of drug-likeness (QED) is 0.339. The highest BCUT2D eigenvalue weighted by atomic mass is 16.7. The Morgan fingerprint density at radius 3 is 2.70 bits per heavy atom. The second kappa shape index (κ2) is 8.70. The molecule has 0 aromatic heterocycles. The molecule has 2 aliphatic heterocycles. The molecule has 4 fully saturated rings. The highest BCUT2D eigenvalue weighted by Gasteiger charge is 2.60. The third-order valence-electron chi connectivity index (χ3n) is 8.56. The molecule has 6 nitrogen and oxygen atoms in total. The van der Waals surface area contributed by atoms with Gasteiger partial charge in [-0.25, -0.2) is 9.59 Å². The van der Waals surface area contributed by atoms with E-state index in [-0.39, 0.29) is 29.5 Å². The Morgan fingerprint density at radius 1 is 1.21 bits per heavy atom. The average Bonchev–Trinajstić information content (AvgIpc) is 3.07. The van der Waals surface area contributed by atoms with E-state index in [9.17, 15) is 9.59 Å². The van der Waals surface area contributed by atoms with Gasteiger partial charge in [0.05, 0.1) is 18.3 Å². The van der Waals surface area contributed by atoms with E-state index in [1.165, 1.54) is 11.6 Å². The van der Waals surface area contributed by atoms with E-state index in [2.05, 4.69) is 20.4 Å². The molecule has 6 atom stereocenters. The minimum atomic E-state index is -0.655. The Bertz CT molecular complexity index is 885. The van der Waals surface area contributed by atoms with Gasteiger partial charge < -0.3 is 18.9 Å². The van der Waals surface area contributed by atoms with Crippen molar-refractivity contribution in [3.8, 4) is 0 Å². The zero-order valence-electron chi connectivity index (χ0n) is 20.6. The highest BCUT2D eigenvalue weighted by molar-refractivity contribution is 5.93. The molecular weight excluding hydrogens is 420 g/mol. The summed E-state index contributed by atoms with van der Waals surface area (Å²) in [5, 5.41) is 0. The molecule has 0 bridgehead atoms. The van der Waals surface area contributed by atoms with Crippen molar-refractivity contribution >= 4 is 11.9 Å². The molecule has 33 heavy (non-hydrogen) atoms. The van der Waals surface area contributed by atoms with Gasteiger partial charge in [0.1, 0.15) is 6.61 Å². The van der Waals surface area contributed by atoms with Crippen LogP contribution in [0.1, 0.15) is 66.7 Å². The first-order valence-electron chi connectivity index (χ1n) is 12.2.